The molecule has 1 N–H and O–H groups in total. The monoisotopic (exact) mass is 248 g/mol. The van der Waals surface area contributed by atoms with Crippen molar-refractivity contribution >= 4 is 17.7 Å². The number of rotatable bonds is 4. The Bertz CT molecular complexity index is 191. The minimum atomic E-state index is -0.833. The number of aliphatic carboxylic acids is 1. The van der Waals surface area contributed by atoms with E-state index in [-0.39, 0.29) is 11.8 Å². The third-order valence-electron chi connectivity index (χ3n) is 1.05. The van der Waals surface area contributed by atoms with Crippen molar-refractivity contribution < 1.29 is 24.2 Å². The van der Waals surface area contributed by atoms with Crippen molar-refractivity contribution in [3.63, 3.8) is 0 Å². The summed E-state index contributed by atoms with van der Waals surface area (Å²) in [5.74, 6) is -0.842. The highest BCUT2D eigenvalue weighted by Crippen LogP contribution is 1.93. The summed E-state index contributed by atoms with van der Waals surface area (Å²) in [5, 5.41) is 7.42. The first kappa shape index (κ1) is 21.0. The van der Waals surface area contributed by atoms with E-state index in [9.17, 15) is 9.59 Å². The summed E-state index contributed by atoms with van der Waals surface area (Å²) in [7, 11) is 0. The van der Waals surface area contributed by atoms with Crippen molar-refractivity contribution in [2.45, 2.75) is 53.9 Å². The molecule has 0 unspecified atom stereocenters. The van der Waals surface area contributed by atoms with E-state index in [1.807, 2.05) is 0 Å². The number of carboxylic acid groups (broad SMARTS) is 1. The fourth-order valence-electron chi connectivity index (χ4n) is 0.568. The molecule has 0 rings (SSSR count). The second-order valence-electron chi connectivity index (χ2n) is 3.47. The quantitative estimate of drug-likeness (QED) is 0.610. The van der Waals surface area contributed by atoms with E-state index in [1.165, 1.54) is 27.2 Å². The molecule has 17 heavy (non-hydrogen) atoms. The molecule has 0 saturated carbocycles. The van der Waals surface area contributed by atoms with Gasteiger partial charge in [0.1, 0.15) is 5.78 Å². The number of ether oxygens (including phenoxy) is 1. The van der Waals surface area contributed by atoms with E-state index in [4.69, 9.17) is 14.6 Å². The van der Waals surface area contributed by atoms with Crippen molar-refractivity contribution in [2.75, 3.05) is 6.61 Å². The highest BCUT2D eigenvalue weighted by Gasteiger charge is 1.89. The summed E-state index contributed by atoms with van der Waals surface area (Å²) in [6, 6.07) is 0. The van der Waals surface area contributed by atoms with Crippen molar-refractivity contribution in [1.29, 1.82) is 0 Å². The topological polar surface area (TPSA) is 80.7 Å². The van der Waals surface area contributed by atoms with Crippen LogP contribution in [-0.4, -0.2) is 29.4 Å². The summed E-state index contributed by atoms with van der Waals surface area (Å²) >= 11 is 0. The molecule has 0 aliphatic heterocycles. The van der Waals surface area contributed by atoms with Gasteiger partial charge in [-0.05, 0) is 20.3 Å². The van der Waals surface area contributed by atoms with E-state index >= 15 is 0 Å². The van der Waals surface area contributed by atoms with Crippen LogP contribution >= 0.6 is 0 Å². The molecule has 0 aromatic carbocycles. The number of esters is 1. The normalized spacial score (nSPS) is 7.82. The van der Waals surface area contributed by atoms with Crippen LogP contribution in [0.5, 0.6) is 0 Å². The standard InChI is InChI=1S/C7H14O2.C3H6O.C2H4O2/c1-3-4-5-6-9-7(2)8;1-3(2)4;1-2(3)4/h3-6H2,1-2H3;1-2H3;1H3,(H,3,4). The molecule has 0 radical (unpaired) electrons. The smallest absolute Gasteiger partial charge is 0.302 e. The van der Waals surface area contributed by atoms with E-state index < -0.39 is 5.97 Å². The van der Waals surface area contributed by atoms with E-state index in [2.05, 4.69) is 6.92 Å². The van der Waals surface area contributed by atoms with Gasteiger partial charge in [-0.15, -0.1) is 0 Å². The summed E-state index contributed by atoms with van der Waals surface area (Å²) in [6.07, 6.45) is 3.31. The van der Waals surface area contributed by atoms with E-state index in [1.54, 1.807) is 0 Å². The lowest BCUT2D eigenvalue weighted by Gasteiger charge is -1.98. The molecule has 0 aromatic heterocycles. The minimum Gasteiger partial charge on any atom is -0.481 e. The fraction of sp³-hybridized carbons (Fsp3) is 0.750. The lowest BCUT2D eigenvalue weighted by atomic mass is 10.3. The van der Waals surface area contributed by atoms with Crippen molar-refractivity contribution in [3.05, 3.63) is 0 Å². The highest BCUT2D eigenvalue weighted by atomic mass is 16.5. The summed E-state index contributed by atoms with van der Waals surface area (Å²) in [5.41, 5.74) is 0. The van der Waals surface area contributed by atoms with Gasteiger partial charge in [0, 0.05) is 13.8 Å². The van der Waals surface area contributed by atoms with Gasteiger partial charge in [0.05, 0.1) is 6.61 Å². The summed E-state index contributed by atoms with van der Waals surface area (Å²) < 4.78 is 4.70. The van der Waals surface area contributed by atoms with Crippen molar-refractivity contribution in [3.8, 4) is 0 Å². The molecule has 5 nitrogen and oxygen atoms in total. The molecule has 0 saturated heterocycles. The van der Waals surface area contributed by atoms with E-state index in [0.29, 0.717) is 6.61 Å². The van der Waals surface area contributed by atoms with Crippen LogP contribution in [0.4, 0.5) is 0 Å². The third-order valence-corrected chi connectivity index (χ3v) is 1.05. The molecule has 0 bridgehead atoms. The Morgan fingerprint density at radius 1 is 1.00 bits per heavy atom. The van der Waals surface area contributed by atoms with Crippen LogP contribution in [0.1, 0.15) is 53.9 Å². The first-order chi connectivity index (χ1) is 7.73. The van der Waals surface area contributed by atoms with Gasteiger partial charge in [-0.3, -0.25) is 9.59 Å². The van der Waals surface area contributed by atoms with Crippen LogP contribution < -0.4 is 0 Å². The Labute approximate surface area is 103 Å². The zero-order valence-electron chi connectivity index (χ0n) is 11.4. The molecule has 102 valence electrons. The Balaban J connectivity index is -0.000000205. The SMILES string of the molecule is CC(=O)O.CC(C)=O.CCCCCOC(C)=O. The van der Waals surface area contributed by atoms with Gasteiger partial charge < -0.3 is 14.6 Å². The van der Waals surface area contributed by atoms with Crippen LogP contribution in [0, 0.1) is 0 Å². The highest BCUT2D eigenvalue weighted by molar-refractivity contribution is 5.72. The molecule has 0 aliphatic carbocycles. The van der Waals surface area contributed by atoms with Gasteiger partial charge in [0.25, 0.3) is 5.97 Å². The van der Waals surface area contributed by atoms with Gasteiger partial charge in [-0.2, -0.15) is 0 Å². The molecule has 0 atom stereocenters. The first-order valence-electron chi connectivity index (χ1n) is 5.54. The van der Waals surface area contributed by atoms with Crippen LogP contribution in [0.2, 0.25) is 0 Å². The van der Waals surface area contributed by atoms with Crippen LogP contribution in [0.3, 0.4) is 0 Å². The molecule has 0 heterocycles. The lowest BCUT2D eigenvalue weighted by molar-refractivity contribution is -0.141. The van der Waals surface area contributed by atoms with Crippen LogP contribution in [0.15, 0.2) is 0 Å². The molecule has 0 spiro atoms. The maximum absolute atomic E-state index is 10.2. The Kier molecular flexibility index (Phi) is 21.0. The maximum Gasteiger partial charge on any atom is 0.302 e. The Hall–Kier alpha value is -1.39. The zero-order chi connectivity index (χ0) is 14.3. The average molecular weight is 248 g/mol. The second kappa shape index (κ2) is 17.0. The number of hydrogen-bond acceptors (Lipinski definition) is 4. The minimum absolute atomic E-state index is 0.167. The van der Waals surface area contributed by atoms with Gasteiger partial charge in [0.15, 0.2) is 0 Å². The Morgan fingerprint density at radius 3 is 1.59 bits per heavy atom. The van der Waals surface area contributed by atoms with Gasteiger partial charge in [0.2, 0.25) is 0 Å². The molecule has 0 aliphatic rings. The number of hydrogen-bond donors (Lipinski definition) is 1. The van der Waals surface area contributed by atoms with Crippen molar-refractivity contribution in [2.24, 2.45) is 0 Å². The third kappa shape index (κ3) is 109. The number of carboxylic acids is 1. The van der Waals surface area contributed by atoms with Crippen LogP contribution in [-0.2, 0) is 19.1 Å². The number of carbonyl (C=O) groups excluding carboxylic acids is 2. The number of carbonyl (C=O) groups is 3. The summed E-state index contributed by atoms with van der Waals surface area (Å²) in [6.45, 7) is 8.28. The molecule has 0 aromatic rings. The maximum atomic E-state index is 10.2. The predicted octanol–water partition coefficient (Wildman–Crippen LogP) is 2.43. The number of unbranched alkanes of at least 4 members (excludes halogenated alkanes) is 2. The number of ketones is 1. The van der Waals surface area contributed by atoms with Crippen LogP contribution in [0.25, 0.3) is 0 Å². The van der Waals surface area contributed by atoms with Gasteiger partial charge in [-0.25, -0.2) is 0 Å². The average Bonchev–Trinajstić information content (AvgIpc) is 2.10. The van der Waals surface area contributed by atoms with E-state index in [0.717, 1.165) is 19.8 Å². The molecule has 5 heteroatoms. The predicted molar refractivity (Wildman–Crippen MR) is 65.8 cm³/mol. The molecule has 0 fully saturated rings. The van der Waals surface area contributed by atoms with Gasteiger partial charge >= 0.3 is 5.97 Å². The van der Waals surface area contributed by atoms with Crippen molar-refractivity contribution in [1.82, 2.24) is 0 Å². The summed E-state index contributed by atoms with van der Waals surface area (Å²) in [4.78, 5) is 28.6. The lowest BCUT2D eigenvalue weighted by Crippen LogP contribution is -1.99. The largest absolute Gasteiger partial charge is 0.481 e. The molecular weight excluding hydrogens is 224 g/mol. The second-order valence-corrected chi connectivity index (χ2v) is 3.47. The van der Waals surface area contributed by atoms with Gasteiger partial charge in [-0.1, -0.05) is 19.8 Å². The Morgan fingerprint density at radius 2 is 1.35 bits per heavy atom. The molecular formula is C12H24O5. The fourth-order valence-corrected chi connectivity index (χ4v) is 0.568. The number of Topliss-reactive ketones (excluding diaryl/α,β-unsaturated/α-hetero) is 1. The zero-order valence-corrected chi connectivity index (χ0v) is 11.4. The molecule has 0 amide bonds. The first-order valence-corrected chi connectivity index (χ1v) is 5.54.